The molecule has 2 heterocycles. The molecule has 5 nitrogen and oxygen atoms in total. The topological polar surface area (TPSA) is 38.0 Å². The minimum absolute atomic E-state index is 0.0330. The molecule has 1 atom stereocenters. The van der Waals surface area contributed by atoms with Gasteiger partial charge in [0.2, 0.25) is 10.7 Å². The van der Waals surface area contributed by atoms with E-state index >= 15 is 0 Å². The number of nitrogens with one attached hydrogen (secondary N) is 1. The highest BCUT2D eigenvalue weighted by atomic mass is 32.1. The van der Waals surface area contributed by atoms with Crippen LogP contribution in [0.2, 0.25) is 0 Å². The predicted molar refractivity (Wildman–Crippen MR) is 117 cm³/mol. The van der Waals surface area contributed by atoms with Gasteiger partial charge in [0.15, 0.2) is 0 Å². The summed E-state index contributed by atoms with van der Waals surface area (Å²) in [4.78, 5) is 2.40. The van der Waals surface area contributed by atoms with Gasteiger partial charge in [0, 0.05) is 25.2 Å². The van der Waals surface area contributed by atoms with Crippen LogP contribution in [-0.2, 0) is 6.67 Å². The second-order valence-corrected chi connectivity index (χ2v) is 9.81. The van der Waals surface area contributed by atoms with E-state index in [2.05, 4.69) is 35.6 Å². The maximum absolute atomic E-state index is 13.4. The SMILES string of the molecule is CC(C)(C)C(NCn1nc(N2CCCCC2)n(C2CC2)c1=S)c1ccc(F)cc1. The van der Waals surface area contributed by atoms with Crippen molar-refractivity contribution in [1.82, 2.24) is 19.7 Å². The van der Waals surface area contributed by atoms with Gasteiger partial charge in [-0.05, 0) is 67.4 Å². The fourth-order valence-corrected chi connectivity index (χ4v) is 4.57. The van der Waals surface area contributed by atoms with Gasteiger partial charge >= 0.3 is 0 Å². The lowest BCUT2D eigenvalue weighted by atomic mass is 9.82. The van der Waals surface area contributed by atoms with Crippen molar-refractivity contribution in [3.8, 4) is 0 Å². The highest BCUT2D eigenvalue weighted by Gasteiger charge is 2.32. The average molecular weight is 418 g/mol. The van der Waals surface area contributed by atoms with Crippen molar-refractivity contribution >= 4 is 18.2 Å². The summed E-state index contributed by atoms with van der Waals surface area (Å²) in [6.45, 7) is 9.23. The smallest absolute Gasteiger partial charge is 0.226 e. The van der Waals surface area contributed by atoms with Crippen LogP contribution in [0, 0.1) is 16.0 Å². The van der Waals surface area contributed by atoms with Gasteiger partial charge in [-0.15, -0.1) is 5.10 Å². The Balaban J connectivity index is 1.58. The number of benzene rings is 1. The Bertz CT molecular complexity index is 885. The van der Waals surface area contributed by atoms with Crippen molar-refractivity contribution in [3.63, 3.8) is 0 Å². The zero-order valence-corrected chi connectivity index (χ0v) is 18.5. The summed E-state index contributed by atoms with van der Waals surface area (Å²) in [5.41, 5.74) is 1.04. The Morgan fingerprint density at radius 3 is 2.38 bits per heavy atom. The molecule has 2 aromatic rings. The van der Waals surface area contributed by atoms with Crippen molar-refractivity contribution in [2.24, 2.45) is 5.41 Å². The second kappa shape index (κ2) is 8.19. The van der Waals surface area contributed by atoms with E-state index in [4.69, 9.17) is 17.3 Å². The first-order valence-electron chi connectivity index (χ1n) is 10.8. The molecule has 1 N–H and O–H groups in total. The van der Waals surface area contributed by atoms with Crippen LogP contribution in [0.4, 0.5) is 10.3 Å². The van der Waals surface area contributed by atoms with Crippen LogP contribution in [0.5, 0.6) is 0 Å². The normalized spacial score (nSPS) is 18.8. The molecule has 2 aliphatic rings. The van der Waals surface area contributed by atoms with Gasteiger partial charge < -0.3 is 4.90 Å². The summed E-state index contributed by atoms with van der Waals surface area (Å²) in [7, 11) is 0. The van der Waals surface area contributed by atoms with Crippen molar-refractivity contribution in [2.75, 3.05) is 18.0 Å². The zero-order chi connectivity index (χ0) is 20.6. The monoisotopic (exact) mass is 417 g/mol. The van der Waals surface area contributed by atoms with E-state index in [9.17, 15) is 4.39 Å². The van der Waals surface area contributed by atoms with Gasteiger partial charge in [-0.1, -0.05) is 32.9 Å². The molecule has 0 radical (unpaired) electrons. The van der Waals surface area contributed by atoms with Crippen LogP contribution in [0.25, 0.3) is 0 Å². The van der Waals surface area contributed by atoms with Crippen LogP contribution in [-0.4, -0.2) is 27.4 Å². The molecule has 7 heteroatoms. The molecule has 1 saturated heterocycles. The molecule has 158 valence electrons. The molecule has 1 unspecified atom stereocenters. The van der Waals surface area contributed by atoms with Gasteiger partial charge in [-0.25, -0.2) is 9.07 Å². The third-order valence-electron chi connectivity index (χ3n) is 5.92. The zero-order valence-electron chi connectivity index (χ0n) is 17.7. The van der Waals surface area contributed by atoms with Crippen LogP contribution in [0.1, 0.15) is 70.5 Å². The Labute approximate surface area is 177 Å². The summed E-state index contributed by atoms with van der Waals surface area (Å²) >= 11 is 5.82. The lowest BCUT2D eigenvalue weighted by Gasteiger charge is -2.32. The number of hydrogen-bond acceptors (Lipinski definition) is 4. The van der Waals surface area contributed by atoms with E-state index in [-0.39, 0.29) is 17.3 Å². The maximum atomic E-state index is 13.4. The minimum atomic E-state index is -0.210. The summed E-state index contributed by atoms with van der Waals surface area (Å²) in [5.74, 6) is 0.825. The Morgan fingerprint density at radius 2 is 1.79 bits per heavy atom. The summed E-state index contributed by atoms with van der Waals surface area (Å²) < 4.78 is 18.4. The van der Waals surface area contributed by atoms with Crippen LogP contribution >= 0.6 is 12.2 Å². The molecule has 1 aromatic carbocycles. The molecule has 4 rings (SSSR count). The molecule has 1 aliphatic heterocycles. The van der Waals surface area contributed by atoms with E-state index in [1.165, 1.54) is 44.2 Å². The van der Waals surface area contributed by atoms with E-state index in [1.54, 1.807) is 0 Å². The number of halogens is 1. The number of piperidine rings is 1. The Morgan fingerprint density at radius 1 is 1.14 bits per heavy atom. The lowest BCUT2D eigenvalue weighted by Crippen LogP contribution is -2.34. The highest BCUT2D eigenvalue weighted by molar-refractivity contribution is 7.71. The van der Waals surface area contributed by atoms with Gasteiger partial charge in [-0.2, -0.15) is 0 Å². The second-order valence-electron chi connectivity index (χ2n) is 9.44. The molecule has 0 bridgehead atoms. The van der Waals surface area contributed by atoms with E-state index < -0.39 is 0 Å². The van der Waals surface area contributed by atoms with E-state index in [1.807, 2.05) is 16.8 Å². The van der Waals surface area contributed by atoms with Gasteiger partial charge in [0.05, 0.1) is 6.67 Å². The summed E-state index contributed by atoms with van der Waals surface area (Å²) in [6.07, 6.45) is 6.12. The van der Waals surface area contributed by atoms with Gasteiger partial charge in [-0.3, -0.25) is 9.88 Å². The first-order valence-corrected chi connectivity index (χ1v) is 11.2. The number of rotatable bonds is 6. The standard InChI is InChI=1S/C22H32FN5S/c1-22(2,3)19(16-7-9-17(23)10-8-16)24-15-27-21(29)28(18-11-12-18)20(25-27)26-13-5-4-6-14-26/h7-10,18-19,24H,4-6,11-15H2,1-3H3. The predicted octanol–water partition coefficient (Wildman–Crippen LogP) is 5.21. The first kappa shape index (κ1) is 20.5. The average Bonchev–Trinajstić information content (AvgIpc) is 3.47. The molecular formula is C22H32FN5S. The third-order valence-corrected chi connectivity index (χ3v) is 6.33. The maximum Gasteiger partial charge on any atom is 0.226 e. The Kier molecular flexibility index (Phi) is 5.80. The van der Waals surface area contributed by atoms with E-state index in [0.717, 1.165) is 29.4 Å². The summed E-state index contributed by atoms with van der Waals surface area (Å²) in [5, 5.41) is 8.57. The molecular weight excluding hydrogens is 385 g/mol. The largest absolute Gasteiger partial charge is 0.341 e. The molecule has 0 amide bonds. The number of anilines is 1. The van der Waals surface area contributed by atoms with E-state index in [0.29, 0.717) is 12.7 Å². The highest BCUT2D eigenvalue weighted by Crippen LogP contribution is 2.39. The van der Waals surface area contributed by atoms with Crippen molar-refractivity contribution < 1.29 is 4.39 Å². The molecule has 2 fully saturated rings. The van der Waals surface area contributed by atoms with Crippen molar-refractivity contribution in [1.29, 1.82) is 0 Å². The molecule has 29 heavy (non-hydrogen) atoms. The number of hydrogen-bond donors (Lipinski definition) is 1. The number of aromatic nitrogens is 3. The number of nitrogens with zero attached hydrogens (tertiary/aromatic N) is 4. The summed E-state index contributed by atoms with van der Waals surface area (Å²) in [6, 6.07) is 7.34. The third kappa shape index (κ3) is 4.56. The fourth-order valence-electron chi connectivity index (χ4n) is 4.23. The molecule has 1 saturated carbocycles. The lowest BCUT2D eigenvalue weighted by molar-refractivity contribution is 0.251. The minimum Gasteiger partial charge on any atom is -0.341 e. The van der Waals surface area contributed by atoms with Gasteiger partial charge in [0.1, 0.15) is 5.82 Å². The molecule has 1 aliphatic carbocycles. The Hall–Kier alpha value is -1.73. The first-order chi connectivity index (χ1) is 13.8. The molecule has 1 aromatic heterocycles. The fraction of sp³-hybridized carbons (Fsp3) is 0.636. The van der Waals surface area contributed by atoms with Gasteiger partial charge in [0.25, 0.3) is 0 Å². The van der Waals surface area contributed by atoms with Crippen molar-refractivity contribution in [3.05, 3.63) is 40.4 Å². The van der Waals surface area contributed by atoms with Crippen LogP contribution < -0.4 is 10.2 Å². The molecule has 0 spiro atoms. The van der Waals surface area contributed by atoms with Crippen LogP contribution in [0.15, 0.2) is 24.3 Å². The van der Waals surface area contributed by atoms with Crippen molar-refractivity contribution in [2.45, 2.75) is 71.6 Å². The quantitative estimate of drug-likeness (QED) is 0.655. The van der Waals surface area contributed by atoms with Crippen LogP contribution in [0.3, 0.4) is 0 Å².